The van der Waals surface area contributed by atoms with Crippen molar-refractivity contribution in [3.05, 3.63) is 0 Å². The van der Waals surface area contributed by atoms with Crippen molar-refractivity contribution in [2.24, 2.45) is 23.7 Å². The Kier molecular flexibility index (Phi) is 2.98. The van der Waals surface area contributed by atoms with E-state index in [4.69, 9.17) is 0 Å². The summed E-state index contributed by atoms with van der Waals surface area (Å²) in [5.41, 5.74) is 0. The lowest BCUT2D eigenvalue weighted by atomic mass is 9.71. The summed E-state index contributed by atoms with van der Waals surface area (Å²) in [4.78, 5) is 0. The van der Waals surface area contributed by atoms with E-state index in [-0.39, 0.29) is 0 Å². The van der Waals surface area contributed by atoms with Crippen LogP contribution in [-0.4, -0.2) is 0 Å². The molecular weight excluding hydrogens is 132 g/mol. The van der Waals surface area contributed by atoms with Crippen molar-refractivity contribution in [1.29, 1.82) is 0 Å². The molecule has 0 amide bonds. The first-order valence-electron chi connectivity index (χ1n) is 5.11. The van der Waals surface area contributed by atoms with Crippen molar-refractivity contribution in [2.45, 2.75) is 47.0 Å². The molecule has 0 saturated heterocycles. The van der Waals surface area contributed by atoms with E-state index in [0.29, 0.717) is 0 Å². The van der Waals surface area contributed by atoms with E-state index in [0.717, 1.165) is 23.7 Å². The second kappa shape index (κ2) is 3.60. The van der Waals surface area contributed by atoms with E-state index >= 15 is 0 Å². The van der Waals surface area contributed by atoms with Gasteiger partial charge in [-0.25, -0.2) is 0 Å². The molecule has 0 spiro atoms. The number of rotatable bonds is 1. The van der Waals surface area contributed by atoms with E-state index in [1.807, 2.05) is 0 Å². The minimum Gasteiger partial charge on any atom is -0.0625 e. The third kappa shape index (κ3) is 2.21. The Morgan fingerprint density at radius 1 is 1.09 bits per heavy atom. The van der Waals surface area contributed by atoms with E-state index in [1.165, 1.54) is 19.3 Å². The average Bonchev–Trinajstić information content (AvgIpc) is 1.85. The zero-order valence-corrected chi connectivity index (χ0v) is 8.43. The van der Waals surface area contributed by atoms with Crippen LogP contribution >= 0.6 is 0 Å². The van der Waals surface area contributed by atoms with Gasteiger partial charge in [-0.1, -0.05) is 34.1 Å². The summed E-state index contributed by atoms with van der Waals surface area (Å²) in [5.74, 6) is 3.86. The van der Waals surface area contributed by atoms with Crippen LogP contribution in [0.5, 0.6) is 0 Å². The first kappa shape index (κ1) is 9.09. The lowest BCUT2D eigenvalue weighted by molar-refractivity contribution is 0.158. The minimum atomic E-state index is 0.900. The third-order valence-electron chi connectivity index (χ3n) is 3.35. The second-order valence-corrected chi connectivity index (χ2v) is 4.80. The summed E-state index contributed by atoms with van der Waals surface area (Å²) < 4.78 is 0. The first-order chi connectivity index (χ1) is 5.11. The Morgan fingerprint density at radius 2 is 1.73 bits per heavy atom. The van der Waals surface area contributed by atoms with Gasteiger partial charge in [-0.3, -0.25) is 0 Å². The molecule has 1 saturated carbocycles. The van der Waals surface area contributed by atoms with E-state index in [9.17, 15) is 0 Å². The first-order valence-corrected chi connectivity index (χ1v) is 5.11. The molecule has 1 fully saturated rings. The van der Waals surface area contributed by atoms with Crippen LogP contribution in [0.25, 0.3) is 0 Å². The maximum Gasteiger partial charge on any atom is -0.0365 e. The number of hydrogen-bond acceptors (Lipinski definition) is 0. The Morgan fingerprint density at radius 3 is 2.18 bits per heavy atom. The SMILES string of the molecule is CC(C)[C@@H]1CC[C@@H](C)CC1C. The van der Waals surface area contributed by atoms with Crippen LogP contribution in [-0.2, 0) is 0 Å². The summed E-state index contributed by atoms with van der Waals surface area (Å²) in [6, 6.07) is 0. The van der Waals surface area contributed by atoms with Crippen molar-refractivity contribution < 1.29 is 0 Å². The van der Waals surface area contributed by atoms with Gasteiger partial charge in [-0.15, -0.1) is 0 Å². The monoisotopic (exact) mass is 154 g/mol. The van der Waals surface area contributed by atoms with Gasteiger partial charge >= 0.3 is 0 Å². The van der Waals surface area contributed by atoms with Crippen molar-refractivity contribution in [3.63, 3.8) is 0 Å². The topological polar surface area (TPSA) is 0 Å². The molecule has 0 heterocycles. The molecule has 0 nitrogen and oxygen atoms in total. The number of hydrogen-bond donors (Lipinski definition) is 0. The molecule has 66 valence electrons. The van der Waals surface area contributed by atoms with Crippen LogP contribution in [0, 0.1) is 23.7 Å². The fourth-order valence-electron chi connectivity index (χ4n) is 2.68. The maximum absolute atomic E-state index is 2.43. The van der Waals surface area contributed by atoms with Crippen LogP contribution in [0.4, 0.5) is 0 Å². The Bertz CT molecular complexity index is 115. The van der Waals surface area contributed by atoms with Crippen LogP contribution in [0.2, 0.25) is 0 Å². The van der Waals surface area contributed by atoms with Gasteiger partial charge in [-0.05, 0) is 36.5 Å². The summed E-state index contributed by atoms with van der Waals surface area (Å²) in [5, 5.41) is 0. The highest BCUT2D eigenvalue weighted by Crippen LogP contribution is 2.37. The molecule has 1 aliphatic rings. The fourth-order valence-corrected chi connectivity index (χ4v) is 2.68. The Hall–Kier alpha value is 0. The summed E-state index contributed by atoms with van der Waals surface area (Å²) >= 11 is 0. The molecule has 0 radical (unpaired) electrons. The van der Waals surface area contributed by atoms with Gasteiger partial charge in [0, 0.05) is 0 Å². The van der Waals surface area contributed by atoms with E-state index in [1.54, 1.807) is 0 Å². The van der Waals surface area contributed by atoms with Crippen LogP contribution in [0.3, 0.4) is 0 Å². The summed E-state index contributed by atoms with van der Waals surface area (Å²) in [6.45, 7) is 9.57. The van der Waals surface area contributed by atoms with Crippen molar-refractivity contribution in [2.75, 3.05) is 0 Å². The molecule has 3 atom stereocenters. The molecule has 0 aromatic carbocycles. The standard InChI is InChI=1S/C11H22/c1-8(2)11-6-5-9(3)7-10(11)4/h8-11H,5-7H2,1-4H3/t9-,10?,11+/m1/s1. The van der Waals surface area contributed by atoms with Gasteiger partial charge in [0.05, 0.1) is 0 Å². The quantitative estimate of drug-likeness (QED) is 0.540. The largest absolute Gasteiger partial charge is 0.0625 e. The summed E-state index contributed by atoms with van der Waals surface area (Å²) in [6.07, 6.45) is 4.40. The lowest BCUT2D eigenvalue weighted by Crippen LogP contribution is -2.25. The van der Waals surface area contributed by atoms with Gasteiger partial charge in [0.1, 0.15) is 0 Å². The van der Waals surface area contributed by atoms with Crippen LogP contribution in [0.15, 0.2) is 0 Å². The fraction of sp³-hybridized carbons (Fsp3) is 1.00. The predicted molar refractivity (Wildman–Crippen MR) is 50.5 cm³/mol. The molecule has 0 bridgehead atoms. The van der Waals surface area contributed by atoms with Crippen LogP contribution < -0.4 is 0 Å². The van der Waals surface area contributed by atoms with Gasteiger partial charge in [0.2, 0.25) is 0 Å². The highest BCUT2D eigenvalue weighted by Gasteiger charge is 2.26. The molecule has 1 aliphatic carbocycles. The molecule has 1 unspecified atom stereocenters. The zero-order chi connectivity index (χ0) is 8.43. The molecule has 0 aromatic heterocycles. The average molecular weight is 154 g/mol. The highest BCUT2D eigenvalue weighted by atomic mass is 14.3. The molecule has 0 N–H and O–H groups in total. The van der Waals surface area contributed by atoms with Crippen molar-refractivity contribution in [3.8, 4) is 0 Å². The third-order valence-corrected chi connectivity index (χ3v) is 3.35. The zero-order valence-electron chi connectivity index (χ0n) is 8.43. The molecule has 1 rings (SSSR count). The van der Waals surface area contributed by atoms with Crippen LogP contribution in [0.1, 0.15) is 47.0 Å². The van der Waals surface area contributed by atoms with Crippen molar-refractivity contribution >= 4 is 0 Å². The molecule has 0 aliphatic heterocycles. The normalized spacial score (nSPS) is 39.5. The molecular formula is C11H22. The predicted octanol–water partition coefficient (Wildman–Crippen LogP) is 3.71. The van der Waals surface area contributed by atoms with E-state index < -0.39 is 0 Å². The Labute approximate surface area is 71.4 Å². The second-order valence-electron chi connectivity index (χ2n) is 4.80. The van der Waals surface area contributed by atoms with Gasteiger partial charge in [0.15, 0.2) is 0 Å². The minimum absolute atomic E-state index is 0.900. The maximum atomic E-state index is 2.43. The van der Waals surface area contributed by atoms with E-state index in [2.05, 4.69) is 27.7 Å². The van der Waals surface area contributed by atoms with Gasteiger partial charge in [0.25, 0.3) is 0 Å². The van der Waals surface area contributed by atoms with Crippen molar-refractivity contribution in [1.82, 2.24) is 0 Å². The lowest BCUT2D eigenvalue weighted by Gasteiger charge is -2.35. The summed E-state index contributed by atoms with van der Waals surface area (Å²) in [7, 11) is 0. The molecule has 0 aromatic rings. The molecule has 0 heteroatoms. The Balaban J connectivity index is 2.44. The highest BCUT2D eigenvalue weighted by molar-refractivity contribution is 4.77. The molecule has 11 heavy (non-hydrogen) atoms. The smallest absolute Gasteiger partial charge is 0.0365 e. The van der Waals surface area contributed by atoms with Gasteiger partial charge < -0.3 is 0 Å². The van der Waals surface area contributed by atoms with Gasteiger partial charge in [-0.2, -0.15) is 0 Å².